The van der Waals surface area contributed by atoms with Gasteiger partial charge in [0, 0.05) is 30.2 Å². The van der Waals surface area contributed by atoms with Crippen molar-refractivity contribution in [2.75, 3.05) is 13.1 Å². The van der Waals surface area contributed by atoms with E-state index in [9.17, 15) is 13.2 Å². The number of alkyl halides is 3. The molecule has 1 aliphatic carbocycles. The van der Waals surface area contributed by atoms with Crippen molar-refractivity contribution in [3.8, 4) is 0 Å². The number of hydrogen-bond acceptors (Lipinski definition) is 7. The Morgan fingerprint density at radius 1 is 1.06 bits per heavy atom. The Balaban J connectivity index is 1.14. The molecule has 2 aliphatic heterocycles. The minimum absolute atomic E-state index is 0.00335. The van der Waals surface area contributed by atoms with Gasteiger partial charge in [-0.25, -0.2) is 15.0 Å². The van der Waals surface area contributed by atoms with Crippen LogP contribution in [0, 0.1) is 5.41 Å². The average Bonchev–Trinajstić information content (AvgIpc) is 3.38. The van der Waals surface area contributed by atoms with Crippen LogP contribution in [-0.2, 0) is 19.0 Å². The molecule has 6 rings (SSSR count). The maximum absolute atomic E-state index is 13.3. The lowest BCUT2D eigenvalue weighted by molar-refractivity contribution is -0.143. The highest BCUT2D eigenvalue weighted by molar-refractivity contribution is 7.99. The summed E-state index contributed by atoms with van der Waals surface area (Å²) in [7, 11) is 0. The lowest BCUT2D eigenvalue weighted by atomic mass is 9.73. The minimum atomic E-state index is -4.53. The lowest BCUT2D eigenvalue weighted by Gasteiger charge is -2.43. The van der Waals surface area contributed by atoms with Crippen LogP contribution in [0.2, 0.25) is 0 Å². The molecule has 2 N–H and O–H groups in total. The first-order valence-electron chi connectivity index (χ1n) is 11.5. The Morgan fingerprint density at radius 2 is 1.86 bits per heavy atom. The lowest BCUT2D eigenvalue weighted by Crippen LogP contribution is -2.46. The maximum Gasteiger partial charge on any atom is 0.434 e. The molecule has 1 saturated heterocycles. The number of hydrogen-bond donors (Lipinski definition) is 1. The average molecular weight is 497 g/mol. The van der Waals surface area contributed by atoms with Crippen molar-refractivity contribution in [2.45, 2.75) is 47.8 Å². The summed E-state index contributed by atoms with van der Waals surface area (Å²) in [5.41, 5.74) is 9.19. The third-order valence-corrected chi connectivity index (χ3v) is 8.29. The van der Waals surface area contributed by atoms with Crippen LogP contribution >= 0.6 is 11.8 Å². The summed E-state index contributed by atoms with van der Waals surface area (Å²) in [5.74, 6) is 1.45. The highest BCUT2D eigenvalue weighted by Gasteiger charge is 2.46. The monoisotopic (exact) mass is 496 g/mol. The molecule has 3 aliphatic rings. The Hall–Kier alpha value is -2.98. The zero-order valence-corrected chi connectivity index (χ0v) is 19.6. The molecule has 0 unspecified atom stereocenters. The number of rotatable bonds is 2. The number of likely N-dealkylation sites (tertiary alicyclic amines) is 1. The van der Waals surface area contributed by atoms with Crippen molar-refractivity contribution in [2.24, 2.45) is 16.1 Å². The summed E-state index contributed by atoms with van der Waals surface area (Å²) < 4.78 is 39.9. The standard InChI is InChI=1S/C25H23F3N6S/c26-25(27,28)22-18(6-3-9-30-22)35-20-14-31-23-17(32-20)12-19(33-23)34-10-7-24(8-11-34)13-15-4-1-2-5-16(15)21(24)29/h1-6,9,14,21H,7-8,10-13,29H2/t21-/m1/s1. The van der Waals surface area contributed by atoms with Gasteiger partial charge in [-0.3, -0.25) is 4.98 Å². The van der Waals surface area contributed by atoms with Gasteiger partial charge in [-0.05, 0) is 47.9 Å². The summed E-state index contributed by atoms with van der Waals surface area (Å²) in [5, 5.41) is 0.394. The van der Waals surface area contributed by atoms with E-state index in [4.69, 9.17) is 5.73 Å². The Morgan fingerprint density at radius 3 is 2.63 bits per heavy atom. The largest absolute Gasteiger partial charge is 0.434 e. The van der Waals surface area contributed by atoms with Gasteiger partial charge in [0.1, 0.15) is 10.9 Å². The molecular weight excluding hydrogens is 473 g/mol. The summed E-state index contributed by atoms with van der Waals surface area (Å²) in [6.45, 7) is 1.72. The molecule has 0 saturated carbocycles. The van der Waals surface area contributed by atoms with Gasteiger partial charge in [0.05, 0.1) is 18.3 Å². The highest BCUT2D eigenvalue weighted by atomic mass is 32.2. The smallest absolute Gasteiger partial charge is 0.360 e. The molecule has 1 aromatic carbocycles. The second-order valence-corrected chi connectivity index (χ2v) is 10.4. The van der Waals surface area contributed by atoms with Gasteiger partial charge in [0.2, 0.25) is 0 Å². The van der Waals surface area contributed by atoms with Crippen molar-refractivity contribution in [3.05, 3.63) is 71.3 Å². The SMILES string of the molecule is N[C@@H]1c2ccccc2CC12CCN(C1=Nc3ncc(Sc4cccnc4C(F)(F)F)nc3C1)CC2. The molecule has 1 spiro atoms. The number of benzene rings is 1. The number of fused-ring (bicyclic) bond motifs is 2. The number of pyridine rings is 1. The van der Waals surface area contributed by atoms with Crippen molar-refractivity contribution >= 4 is 23.4 Å². The molecule has 1 atom stereocenters. The molecule has 0 bridgehead atoms. The molecule has 1 fully saturated rings. The van der Waals surface area contributed by atoms with E-state index in [1.54, 1.807) is 0 Å². The fourth-order valence-corrected chi connectivity index (χ4v) is 6.37. The van der Waals surface area contributed by atoms with E-state index >= 15 is 0 Å². The first-order valence-corrected chi connectivity index (χ1v) is 12.4. The summed E-state index contributed by atoms with van der Waals surface area (Å²) >= 11 is 0.916. The van der Waals surface area contributed by atoms with Crippen LogP contribution < -0.4 is 5.73 Å². The van der Waals surface area contributed by atoms with Gasteiger partial charge in [-0.2, -0.15) is 13.2 Å². The predicted molar refractivity (Wildman–Crippen MR) is 127 cm³/mol. The number of aliphatic imine (C=N–C) groups is 1. The van der Waals surface area contributed by atoms with Crippen molar-refractivity contribution < 1.29 is 13.2 Å². The van der Waals surface area contributed by atoms with E-state index < -0.39 is 11.9 Å². The first-order chi connectivity index (χ1) is 16.8. The van der Waals surface area contributed by atoms with Gasteiger partial charge >= 0.3 is 6.18 Å². The third-order valence-electron chi connectivity index (χ3n) is 7.33. The van der Waals surface area contributed by atoms with Crippen LogP contribution in [0.1, 0.15) is 41.4 Å². The Bertz CT molecular complexity index is 1320. The van der Waals surface area contributed by atoms with Gasteiger partial charge in [0.15, 0.2) is 11.5 Å². The van der Waals surface area contributed by atoms with Crippen molar-refractivity contribution in [3.63, 3.8) is 0 Å². The molecule has 35 heavy (non-hydrogen) atoms. The zero-order chi connectivity index (χ0) is 24.2. The topological polar surface area (TPSA) is 80.3 Å². The van der Waals surface area contributed by atoms with Crippen LogP contribution in [0.3, 0.4) is 0 Å². The van der Waals surface area contributed by atoms with E-state index in [0.717, 1.165) is 56.1 Å². The van der Waals surface area contributed by atoms with Crippen LogP contribution in [0.4, 0.5) is 19.0 Å². The third kappa shape index (κ3) is 3.98. The summed E-state index contributed by atoms with van der Waals surface area (Å²) in [6, 6.07) is 11.4. The normalized spacial score (nSPS) is 20.6. The quantitative estimate of drug-likeness (QED) is 0.540. The van der Waals surface area contributed by atoms with Crippen LogP contribution in [0.25, 0.3) is 0 Å². The Kier molecular flexibility index (Phi) is 5.33. The Labute approximate surface area is 204 Å². The van der Waals surface area contributed by atoms with Crippen LogP contribution in [0.5, 0.6) is 0 Å². The predicted octanol–water partition coefficient (Wildman–Crippen LogP) is 4.97. The maximum atomic E-state index is 13.3. The van der Waals surface area contributed by atoms with E-state index in [1.807, 2.05) is 0 Å². The van der Waals surface area contributed by atoms with Gasteiger partial charge < -0.3 is 10.6 Å². The molecule has 4 heterocycles. The highest BCUT2D eigenvalue weighted by Crippen LogP contribution is 2.51. The first kappa shape index (κ1) is 22.5. The second kappa shape index (κ2) is 8.30. The molecule has 6 nitrogen and oxygen atoms in total. The van der Waals surface area contributed by atoms with Gasteiger partial charge in [-0.15, -0.1) is 0 Å². The molecular formula is C25H23F3N6S. The molecule has 10 heteroatoms. The van der Waals surface area contributed by atoms with Crippen molar-refractivity contribution in [1.82, 2.24) is 19.9 Å². The molecule has 180 valence electrons. The number of nitrogens with two attached hydrogens (primary N) is 1. The fraction of sp³-hybridized carbons (Fsp3) is 0.360. The van der Waals surface area contributed by atoms with E-state index in [1.165, 1.54) is 29.5 Å². The second-order valence-electron chi connectivity index (χ2n) is 9.34. The number of piperidine rings is 1. The number of aromatic nitrogens is 3. The fourth-order valence-electron chi connectivity index (χ4n) is 5.47. The molecule has 3 aromatic rings. The molecule has 0 amide bonds. The number of amidine groups is 1. The minimum Gasteiger partial charge on any atom is -0.360 e. The van der Waals surface area contributed by atoms with Crippen LogP contribution in [-0.4, -0.2) is 38.8 Å². The van der Waals surface area contributed by atoms with Gasteiger partial charge in [0.25, 0.3) is 0 Å². The molecule has 0 radical (unpaired) electrons. The number of halogens is 3. The van der Waals surface area contributed by atoms with E-state index in [0.29, 0.717) is 23.0 Å². The van der Waals surface area contributed by atoms with Crippen molar-refractivity contribution in [1.29, 1.82) is 0 Å². The van der Waals surface area contributed by atoms with Crippen LogP contribution in [0.15, 0.2) is 63.7 Å². The van der Waals surface area contributed by atoms with E-state index in [2.05, 4.69) is 49.1 Å². The zero-order valence-electron chi connectivity index (χ0n) is 18.8. The van der Waals surface area contributed by atoms with Gasteiger partial charge in [-0.1, -0.05) is 36.0 Å². The summed E-state index contributed by atoms with van der Waals surface area (Å²) in [4.78, 5) is 19.4. The number of nitrogens with zero attached hydrogens (tertiary/aromatic N) is 5. The summed E-state index contributed by atoms with van der Waals surface area (Å²) in [6.07, 6.45) is 1.60. The van der Waals surface area contributed by atoms with E-state index in [-0.39, 0.29) is 16.4 Å². The molecule has 2 aromatic heterocycles.